The van der Waals surface area contributed by atoms with E-state index >= 15 is 0 Å². The summed E-state index contributed by atoms with van der Waals surface area (Å²) < 4.78 is 6.17. The van der Waals surface area contributed by atoms with E-state index in [4.69, 9.17) is 10.3 Å². The minimum absolute atomic E-state index is 0.507. The third kappa shape index (κ3) is 2.65. The Kier molecular flexibility index (Phi) is 3.61. The van der Waals surface area contributed by atoms with Crippen molar-refractivity contribution < 1.29 is 4.74 Å². The molecule has 68 valence electrons. The molecule has 0 fully saturated rings. The zero-order chi connectivity index (χ0) is 9.68. The highest BCUT2D eigenvalue weighted by atomic mass is 79.9. The molecule has 0 saturated heterocycles. The molecule has 1 rings (SSSR count). The first-order valence-corrected chi connectivity index (χ1v) is 4.54. The van der Waals surface area contributed by atoms with Crippen LogP contribution in [0.5, 0.6) is 5.75 Å². The third-order valence-electron chi connectivity index (χ3n) is 1.37. The molecule has 0 amide bonds. The molecule has 0 N–H and O–H groups in total. The van der Waals surface area contributed by atoms with Gasteiger partial charge in [0, 0.05) is 9.38 Å². The van der Waals surface area contributed by atoms with Gasteiger partial charge in [0.1, 0.15) is 5.75 Å². The van der Waals surface area contributed by atoms with Crippen LogP contribution >= 0.6 is 15.9 Å². The van der Waals surface area contributed by atoms with Crippen LogP contribution in [-0.4, -0.2) is 6.61 Å². The maximum absolute atomic E-state index is 8.27. The number of ether oxygens (including phenoxy) is 1. The molecule has 0 spiro atoms. The molecule has 0 bridgehead atoms. The van der Waals surface area contributed by atoms with Crippen molar-refractivity contribution in [3.05, 3.63) is 33.1 Å². The van der Waals surface area contributed by atoms with Gasteiger partial charge in [-0.05, 0) is 30.7 Å². The van der Waals surface area contributed by atoms with E-state index in [1.807, 2.05) is 6.92 Å². The molecule has 1 aromatic rings. The first-order chi connectivity index (χ1) is 6.27. The van der Waals surface area contributed by atoms with Gasteiger partial charge in [-0.3, -0.25) is 0 Å². The Labute approximate surface area is 84.3 Å². The lowest BCUT2D eigenvalue weighted by Gasteiger charge is -2.05. The highest BCUT2D eigenvalue weighted by Gasteiger charge is 2.01. The fraction of sp³-hybridized carbons (Fsp3) is 0.250. The van der Waals surface area contributed by atoms with Gasteiger partial charge in [-0.15, -0.1) is 0 Å². The molecule has 0 saturated carbocycles. The van der Waals surface area contributed by atoms with Gasteiger partial charge < -0.3 is 4.74 Å². The Hall–Kier alpha value is -1.19. The van der Waals surface area contributed by atoms with Crippen molar-refractivity contribution in [2.24, 2.45) is 5.11 Å². The molecule has 0 heterocycles. The smallest absolute Gasteiger partial charge is 0.129 e. The first kappa shape index (κ1) is 9.89. The highest BCUT2D eigenvalue weighted by molar-refractivity contribution is 9.10. The summed E-state index contributed by atoms with van der Waals surface area (Å²) >= 11 is 3.30. The van der Waals surface area contributed by atoms with E-state index in [9.17, 15) is 0 Å². The predicted molar refractivity (Wildman–Crippen MR) is 54.1 cm³/mol. The summed E-state index contributed by atoms with van der Waals surface area (Å²) in [4.78, 5) is 2.71. The molecule has 0 unspecified atom stereocenters. The van der Waals surface area contributed by atoms with Crippen molar-refractivity contribution in [1.82, 2.24) is 0 Å². The number of nitrogens with zero attached hydrogens (tertiary/aromatic N) is 3. The molecule has 1 aromatic carbocycles. The largest absolute Gasteiger partial charge is 0.493 e. The third-order valence-corrected chi connectivity index (χ3v) is 1.87. The van der Waals surface area contributed by atoms with E-state index in [0.717, 1.165) is 4.47 Å². The molecular formula is C8H8BrN3O. The minimum atomic E-state index is 0.507. The van der Waals surface area contributed by atoms with Crippen molar-refractivity contribution >= 4 is 21.6 Å². The second kappa shape index (κ2) is 4.74. The van der Waals surface area contributed by atoms with Crippen LogP contribution in [-0.2, 0) is 0 Å². The molecule has 0 aliphatic carbocycles. The van der Waals surface area contributed by atoms with E-state index in [-0.39, 0.29) is 0 Å². The van der Waals surface area contributed by atoms with Crippen LogP contribution in [0, 0.1) is 0 Å². The molecule has 0 aliphatic rings. The lowest BCUT2D eigenvalue weighted by molar-refractivity contribution is 0.341. The van der Waals surface area contributed by atoms with Crippen LogP contribution in [0.4, 0.5) is 5.69 Å². The van der Waals surface area contributed by atoms with Gasteiger partial charge in [-0.2, -0.15) is 0 Å². The topological polar surface area (TPSA) is 58.0 Å². The summed E-state index contributed by atoms with van der Waals surface area (Å²) in [5.74, 6) is 0.592. The van der Waals surface area contributed by atoms with Crippen molar-refractivity contribution in [2.75, 3.05) is 6.61 Å². The summed E-state index contributed by atoms with van der Waals surface area (Å²) in [6.07, 6.45) is 0. The number of benzene rings is 1. The van der Waals surface area contributed by atoms with Crippen molar-refractivity contribution in [1.29, 1.82) is 0 Å². The van der Waals surface area contributed by atoms with E-state index < -0.39 is 0 Å². The Morgan fingerprint density at radius 2 is 2.38 bits per heavy atom. The van der Waals surface area contributed by atoms with Crippen LogP contribution in [0.2, 0.25) is 0 Å². The lowest BCUT2D eigenvalue weighted by atomic mass is 10.3. The van der Waals surface area contributed by atoms with Crippen LogP contribution in [0.1, 0.15) is 6.92 Å². The van der Waals surface area contributed by atoms with Crippen LogP contribution in [0.3, 0.4) is 0 Å². The molecule has 0 radical (unpaired) electrons. The number of hydrogen-bond donors (Lipinski definition) is 0. The highest BCUT2D eigenvalue weighted by Crippen LogP contribution is 2.30. The van der Waals surface area contributed by atoms with E-state index in [2.05, 4.69) is 26.0 Å². The maximum atomic E-state index is 8.27. The number of hydrogen-bond acceptors (Lipinski definition) is 2. The molecule has 0 atom stereocenters. The summed E-state index contributed by atoms with van der Waals surface area (Å²) in [6, 6.07) is 5.27. The normalized spacial score (nSPS) is 9.08. The second-order valence-corrected chi connectivity index (χ2v) is 3.15. The van der Waals surface area contributed by atoms with Gasteiger partial charge in [-0.1, -0.05) is 21.0 Å². The SMILES string of the molecule is CCOc1cc(Br)ccc1N=[N+]=[N-]. The molecule has 4 nitrogen and oxygen atoms in total. The van der Waals surface area contributed by atoms with Crippen LogP contribution in [0.15, 0.2) is 27.8 Å². The minimum Gasteiger partial charge on any atom is -0.493 e. The molecule has 5 heteroatoms. The quantitative estimate of drug-likeness (QED) is 0.451. The molecular weight excluding hydrogens is 234 g/mol. The average molecular weight is 242 g/mol. The summed E-state index contributed by atoms with van der Waals surface area (Å²) in [5.41, 5.74) is 8.78. The van der Waals surface area contributed by atoms with E-state index in [1.54, 1.807) is 18.2 Å². The average Bonchev–Trinajstić information content (AvgIpc) is 2.10. The van der Waals surface area contributed by atoms with E-state index in [1.165, 1.54) is 0 Å². The first-order valence-electron chi connectivity index (χ1n) is 3.75. The van der Waals surface area contributed by atoms with E-state index in [0.29, 0.717) is 18.0 Å². The fourth-order valence-electron chi connectivity index (χ4n) is 0.890. The monoisotopic (exact) mass is 241 g/mol. The van der Waals surface area contributed by atoms with Gasteiger partial charge in [0.2, 0.25) is 0 Å². The summed E-state index contributed by atoms with van der Waals surface area (Å²) in [6.45, 7) is 2.42. The summed E-state index contributed by atoms with van der Waals surface area (Å²) in [5, 5.41) is 3.50. The van der Waals surface area contributed by atoms with Crippen LogP contribution in [0.25, 0.3) is 10.4 Å². The lowest BCUT2D eigenvalue weighted by Crippen LogP contribution is -1.91. The Morgan fingerprint density at radius 1 is 1.62 bits per heavy atom. The Bertz CT molecular complexity index is 347. The van der Waals surface area contributed by atoms with Crippen molar-refractivity contribution in [3.63, 3.8) is 0 Å². The molecule has 0 aliphatic heterocycles. The maximum Gasteiger partial charge on any atom is 0.129 e. The van der Waals surface area contributed by atoms with Crippen molar-refractivity contribution in [2.45, 2.75) is 6.92 Å². The standard InChI is InChI=1S/C8H8BrN3O/c1-2-13-8-5-6(9)3-4-7(8)11-12-10/h3-5H,2H2,1H3. The van der Waals surface area contributed by atoms with Gasteiger partial charge in [0.05, 0.1) is 12.3 Å². The number of rotatable bonds is 3. The molecule has 13 heavy (non-hydrogen) atoms. The van der Waals surface area contributed by atoms with Gasteiger partial charge in [0.25, 0.3) is 0 Å². The molecule has 0 aromatic heterocycles. The predicted octanol–water partition coefficient (Wildman–Crippen LogP) is 3.79. The Balaban J connectivity index is 3.09. The van der Waals surface area contributed by atoms with Crippen LogP contribution < -0.4 is 4.74 Å². The van der Waals surface area contributed by atoms with Gasteiger partial charge >= 0.3 is 0 Å². The zero-order valence-electron chi connectivity index (χ0n) is 7.07. The fourth-order valence-corrected chi connectivity index (χ4v) is 1.23. The van der Waals surface area contributed by atoms with Gasteiger partial charge in [0.15, 0.2) is 0 Å². The van der Waals surface area contributed by atoms with Gasteiger partial charge in [-0.25, -0.2) is 0 Å². The zero-order valence-corrected chi connectivity index (χ0v) is 8.65. The number of azide groups is 1. The summed E-state index contributed by atoms with van der Waals surface area (Å²) in [7, 11) is 0. The second-order valence-electron chi connectivity index (χ2n) is 2.23. The number of halogens is 1. The Morgan fingerprint density at radius 3 is 3.00 bits per heavy atom. The van der Waals surface area contributed by atoms with Crippen molar-refractivity contribution in [3.8, 4) is 5.75 Å².